The van der Waals surface area contributed by atoms with Crippen LogP contribution in [0.15, 0.2) is 12.3 Å². The molecule has 0 aromatic carbocycles. The van der Waals surface area contributed by atoms with Crippen LogP contribution in [0.25, 0.3) is 0 Å². The number of aliphatic hydroxyl groups is 3. The van der Waals surface area contributed by atoms with Gasteiger partial charge in [0.2, 0.25) is 0 Å². The zero-order chi connectivity index (χ0) is 14.9. The molecular formula is C12H16N2O6. The van der Waals surface area contributed by atoms with Gasteiger partial charge in [-0.15, -0.1) is 0 Å². The van der Waals surface area contributed by atoms with E-state index in [1.165, 1.54) is 12.3 Å². The second kappa shape index (κ2) is 5.71. The number of nitrogens with one attached hydrogen (secondary N) is 1. The van der Waals surface area contributed by atoms with Crippen LogP contribution in [0.4, 0.5) is 0 Å². The molecule has 0 unspecified atom stereocenters. The topological polar surface area (TPSA) is 132 Å². The summed E-state index contributed by atoms with van der Waals surface area (Å²) in [6.45, 7) is 1.39. The molecule has 8 heteroatoms. The zero-order valence-corrected chi connectivity index (χ0v) is 10.7. The van der Waals surface area contributed by atoms with Gasteiger partial charge in [0.25, 0.3) is 5.91 Å². The van der Waals surface area contributed by atoms with E-state index < -0.39 is 30.4 Å². The molecule has 4 atom stereocenters. The largest absolute Gasteiger partial charge is 0.505 e. The third-order valence-corrected chi connectivity index (χ3v) is 3.12. The molecule has 0 spiro atoms. The number of carbonyl (C=O) groups is 1. The van der Waals surface area contributed by atoms with Crippen molar-refractivity contribution >= 4 is 5.91 Å². The van der Waals surface area contributed by atoms with Gasteiger partial charge < -0.3 is 30.5 Å². The molecule has 0 bridgehead atoms. The van der Waals surface area contributed by atoms with Crippen molar-refractivity contribution in [2.45, 2.75) is 31.5 Å². The van der Waals surface area contributed by atoms with Crippen LogP contribution in [0, 0.1) is 6.92 Å². The first-order valence-electron chi connectivity index (χ1n) is 6.03. The molecule has 0 aliphatic carbocycles. The fraction of sp³-hybridized carbons (Fsp3) is 0.500. The molecule has 1 aliphatic heterocycles. The predicted molar refractivity (Wildman–Crippen MR) is 65.9 cm³/mol. The summed E-state index contributed by atoms with van der Waals surface area (Å²) in [5, 5.41) is 40.5. The minimum atomic E-state index is -1.48. The highest BCUT2D eigenvalue weighted by atomic mass is 16.5. The SMILES string of the molecule is Cc1ccnc(C(=O)N[C@@H]2OC[C@@H](O)[C@H](O)[C@H]2O)c1O. The number of aromatic nitrogens is 1. The zero-order valence-electron chi connectivity index (χ0n) is 10.7. The molecule has 1 amide bonds. The Bertz CT molecular complexity index is 509. The van der Waals surface area contributed by atoms with Gasteiger partial charge >= 0.3 is 0 Å². The summed E-state index contributed by atoms with van der Waals surface area (Å²) in [5.74, 6) is -1.02. The van der Waals surface area contributed by atoms with E-state index in [0.717, 1.165) is 0 Å². The van der Waals surface area contributed by atoms with Crippen LogP contribution in [0.1, 0.15) is 16.1 Å². The van der Waals surface area contributed by atoms with Gasteiger partial charge in [0.05, 0.1) is 6.61 Å². The molecule has 2 rings (SSSR count). The lowest BCUT2D eigenvalue weighted by Gasteiger charge is -2.35. The molecule has 8 nitrogen and oxygen atoms in total. The number of amides is 1. The van der Waals surface area contributed by atoms with Crippen LogP contribution < -0.4 is 5.32 Å². The average molecular weight is 284 g/mol. The van der Waals surface area contributed by atoms with Crippen molar-refractivity contribution in [1.29, 1.82) is 0 Å². The highest BCUT2D eigenvalue weighted by molar-refractivity contribution is 5.95. The Hall–Kier alpha value is -1.74. The fourth-order valence-corrected chi connectivity index (χ4v) is 1.85. The molecule has 2 heterocycles. The molecule has 1 aliphatic rings. The lowest BCUT2D eigenvalue weighted by molar-refractivity contribution is -0.191. The Morgan fingerprint density at radius 3 is 2.80 bits per heavy atom. The molecule has 1 fully saturated rings. The Morgan fingerprint density at radius 2 is 2.10 bits per heavy atom. The van der Waals surface area contributed by atoms with Crippen LogP contribution in [-0.2, 0) is 4.74 Å². The number of rotatable bonds is 2. The second-order valence-corrected chi connectivity index (χ2v) is 4.60. The minimum absolute atomic E-state index is 0.207. The maximum Gasteiger partial charge on any atom is 0.275 e. The number of ether oxygens (including phenoxy) is 1. The maximum absolute atomic E-state index is 12.0. The number of aromatic hydroxyl groups is 1. The van der Waals surface area contributed by atoms with E-state index >= 15 is 0 Å². The van der Waals surface area contributed by atoms with Crippen molar-refractivity contribution in [3.8, 4) is 5.75 Å². The third-order valence-electron chi connectivity index (χ3n) is 3.12. The number of hydrogen-bond acceptors (Lipinski definition) is 7. The molecule has 110 valence electrons. The van der Waals surface area contributed by atoms with Gasteiger partial charge in [-0.3, -0.25) is 4.79 Å². The van der Waals surface area contributed by atoms with Gasteiger partial charge in [-0.05, 0) is 18.6 Å². The van der Waals surface area contributed by atoms with E-state index in [1.54, 1.807) is 6.92 Å². The van der Waals surface area contributed by atoms with E-state index in [2.05, 4.69) is 10.3 Å². The Labute approximate surface area is 114 Å². The average Bonchev–Trinajstić information content (AvgIpc) is 2.42. The molecule has 5 N–H and O–H groups in total. The molecule has 20 heavy (non-hydrogen) atoms. The van der Waals surface area contributed by atoms with Crippen molar-refractivity contribution in [2.24, 2.45) is 0 Å². The highest BCUT2D eigenvalue weighted by Crippen LogP contribution is 2.20. The van der Waals surface area contributed by atoms with Crippen LogP contribution in [0.5, 0.6) is 5.75 Å². The Balaban J connectivity index is 2.10. The molecule has 1 aromatic rings. The van der Waals surface area contributed by atoms with E-state index in [-0.39, 0.29) is 18.1 Å². The summed E-state index contributed by atoms with van der Waals surface area (Å²) in [4.78, 5) is 15.7. The summed E-state index contributed by atoms with van der Waals surface area (Å²) in [6, 6.07) is 1.54. The maximum atomic E-state index is 12.0. The smallest absolute Gasteiger partial charge is 0.275 e. The number of aryl methyl sites for hydroxylation is 1. The van der Waals surface area contributed by atoms with Crippen molar-refractivity contribution in [3.63, 3.8) is 0 Å². The van der Waals surface area contributed by atoms with E-state index in [0.29, 0.717) is 5.56 Å². The van der Waals surface area contributed by atoms with Crippen molar-refractivity contribution < 1.29 is 30.0 Å². The number of pyridine rings is 1. The van der Waals surface area contributed by atoms with Gasteiger partial charge in [0.1, 0.15) is 24.1 Å². The molecule has 0 saturated carbocycles. The summed E-state index contributed by atoms with van der Waals surface area (Å²) in [5.41, 5.74) is 0.270. The van der Waals surface area contributed by atoms with Gasteiger partial charge in [-0.2, -0.15) is 0 Å². The monoisotopic (exact) mass is 284 g/mol. The molecule has 0 radical (unpaired) electrons. The molecule has 1 aromatic heterocycles. The first kappa shape index (κ1) is 14.7. The highest BCUT2D eigenvalue weighted by Gasteiger charge is 2.38. The van der Waals surface area contributed by atoms with Crippen molar-refractivity contribution in [3.05, 3.63) is 23.5 Å². The number of carbonyl (C=O) groups excluding carboxylic acids is 1. The first-order chi connectivity index (χ1) is 9.41. The van der Waals surface area contributed by atoms with Crippen LogP contribution >= 0.6 is 0 Å². The minimum Gasteiger partial charge on any atom is -0.505 e. The van der Waals surface area contributed by atoms with Crippen LogP contribution in [0.3, 0.4) is 0 Å². The van der Waals surface area contributed by atoms with E-state index in [9.17, 15) is 25.2 Å². The summed E-state index contributed by atoms with van der Waals surface area (Å²) in [7, 11) is 0. The summed E-state index contributed by atoms with van der Waals surface area (Å²) >= 11 is 0. The van der Waals surface area contributed by atoms with Gasteiger partial charge in [0.15, 0.2) is 11.9 Å². The number of hydrogen-bond donors (Lipinski definition) is 5. The standard InChI is InChI=1S/C12H16N2O6/c1-5-2-3-13-7(8(5)16)11(19)14-12-10(18)9(17)6(15)4-20-12/h2-3,6,9-10,12,15-18H,4H2,1H3,(H,14,19)/t6-,9+,10-,12-/m1/s1. The lowest BCUT2D eigenvalue weighted by atomic mass is 10.0. The number of aliphatic hydroxyl groups excluding tert-OH is 3. The van der Waals surface area contributed by atoms with E-state index in [4.69, 9.17) is 4.74 Å². The normalized spacial score (nSPS) is 30.0. The third kappa shape index (κ3) is 2.73. The van der Waals surface area contributed by atoms with Crippen LogP contribution in [-0.4, -0.2) is 62.5 Å². The fourth-order valence-electron chi connectivity index (χ4n) is 1.85. The lowest BCUT2D eigenvalue weighted by Crippen LogP contribution is -2.59. The van der Waals surface area contributed by atoms with Crippen molar-refractivity contribution in [2.75, 3.05) is 6.61 Å². The first-order valence-corrected chi connectivity index (χ1v) is 6.03. The Morgan fingerprint density at radius 1 is 1.40 bits per heavy atom. The van der Waals surface area contributed by atoms with Gasteiger partial charge in [-0.25, -0.2) is 4.98 Å². The van der Waals surface area contributed by atoms with E-state index in [1.807, 2.05) is 0 Å². The summed E-state index contributed by atoms with van der Waals surface area (Å²) < 4.78 is 5.03. The Kier molecular flexibility index (Phi) is 4.19. The van der Waals surface area contributed by atoms with Gasteiger partial charge in [-0.1, -0.05) is 0 Å². The summed E-state index contributed by atoms with van der Waals surface area (Å²) in [6.07, 6.45) is -3.95. The molecular weight excluding hydrogens is 268 g/mol. The molecule has 1 saturated heterocycles. The quantitative estimate of drug-likeness (QED) is 0.435. The van der Waals surface area contributed by atoms with Gasteiger partial charge in [0, 0.05) is 6.20 Å². The van der Waals surface area contributed by atoms with Crippen LogP contribution in [0.2, 0.25) is 0 Å². The van der Waals surface area contributed by atoms with Crippen molar-refractivity contribution in [1.82, 2.24) is 10.3 Å². The second-order valence-electron chi connectivity index (χ2n) is 4.60. The predicted octanol–water partition coefficient (Wildman–Crippen LogP) is -1.74. The number of nitrogens with zero attached hydrogens (tertiary/aromatic N) is 1.